The Bertz CT molecular complexity index is 716. The molecule has 1 aromatic heterocycles. The molecule has 0 fully saturated rings. The molecule has 2 rings (SSSR count). The van der Waals surface area contributed by atoms with Crippen LogP contribution in [0, 0.1) is 6.92 Å². The van der Waals surface area contributed by atoms with Crippen molar-refractivity contribution < 1.29 is 9.53 Å². The Kier molecular flexibility index (Phi) is 6.77. The molecule has 25 heavy (non-hydrogen) atoms. The molecule has 1 heterocycles. The summed E-state index contributed by atoms with van der Waals surface area (Å²) < 4.78 is 5.36. The minimum absolute atomic E-state index is 0.0968. The fourth-order valence-electron chi connectivity index (χ4n) is 2.40. The highest BCUT2D eigenvalue weighted by molar-refractivity contribution is 5.94. The van der Waals surface area contributed by atoms with Crippen LogP contribution in [0.2, 0.25) is 0 Å². The lowest BCUT2D eigenvalue weighted by Gasteiger charge is -2.12. The molecule has 0 aliphatic carbocycles. The standard InChI is InChI=1S/C19H26N4O2/c1-14-6-7-17(25-4)16(12-14)22-18-13-15(8-10-20-18)19(24)21-9-5-11-23(2)3/h6-8,10,12-13H,5,9,11H2,1-4H3,(H,20,22)(H,21,24). The number of carbonyl (C=O) groups excluding carboxylic acids is 1. The summed E-state index contributed by atoms with van der Waals surface area (Å²) in [6.45, 7) is 3.60. The number of nitrogens with one attached hydrogen (secondary N) is 2. The molecule has 1 amide bonds. The van der Waals surface area contributed by atoms with Gasteiger partial charge in [0, 0.05) is 18.3 Å². The van der Waals surface area contributed by atoms with Gasteiger partial charge in [0.15, 0.2) is 0 Å². The number of anilines is 2. The molecule has 0 bridgehead atoms. The van der Waals surface area contributed by atoms with Crippen molar-refractivity contribution in [1.82, 2.24) is 15.2 Å². The predicted molar refractivity (Wildman–Crippen MR) is 101 cm³/mol. The van der Waals surface area contributed by atoms with Gasteiger partial charge in [-0.1, -0.05) is 6.07 Å². The van der Waals surface area contributed by atoms with Gasteiger partial charge in [-0.15, -0.1) is 0 Å². The number of carbonyl (C=O) groups is 1. The average molecular weight is 342 g/mol. The lowest BCUT2D eigenvalue weighted by Crippen LogP contribution is -2.27. The Morgan fingerprint density at radius 2 is 2.04 bits per heavy atom. The molecule has 0 saturated carbocycles. The highest BCUT2D eigenvalue weighted by Gasteiger charge is 2.09. The van der Waals surface area contributed by atoms with Gasteiger partial charge >= 0.3 is 0 Å². The van der Waals surface area contributed by atoms with Crippen LogP contribution in [0.25, 0.3) is 0 Å². The van der Waals surface area contributed by atoms with E-state index in [0.717, 1.165) is 30.0 Å². The normalized spacial score (nSPS) is 10.6. The number of rotatable bonds is 8. The second-order valence-corrected chi connectivity index (χ2v) is 6.17. The first-order valence-corrected chi connectivity index (χ1v) is 8.30. The molecular weight excluding hydrogens is 316 g/mol. The van der Waals surface area contributed by atoms with Crippen LogP contribution in [-0.2, 0) is 0 Å². The molecule has 6 nitrogen and oxygen atoms in total. The number of hydrogen-bond donors (Lipinski definition) is 2. The van der Waals surface area contributed by atoms with Crippen molar-refractivity contribution in [2.75, 3.05) is 39.6 Å². The van der Waals surface area contributed by atoms with E-state index in [1.165, 1.54) is 0 Å². The number of methoxy groups -OCH3 is 1. The Labute approximate surface area is 149 Å². The Balaban J connectivity index is 2.03. The maximum Gasteiger partial charge on any atom is 0.251 e. The van der Waals surface area contributed by atoms with Crippen LogP contribution in [0.4, 0.5) is 11.5 Å². The van der Waals surface area contributed by atoms with Crippen molar-refractivity contribution in [1.29, 1.82) is 0 Å². The summed E-state index contributed by atoms with van der Waals surface area (Å²) in [5.74, 6) is 1.23. The van der Waals surface area contributed by atoms with Crippen molar-refractivity contribution in [3.05, 3.63) is 47.7 Å². The van der Waals surface area contributed by atoms with E-state index in [2.05, 4.69) is 20.5 Å². The van der Waals surface area contributed by atoms with E-state index in [1.54, 1.807) is 25.4 Å². The van der Waals surface area contributed by atoms with E-state index in [1.807, 2.05) is 39.2 Å². The van der Waals surface area contributed by atoms with Gasteiger partial charge in [-0.2, -0.15) is 0 Å². The monoisotopic (exact) mass is 342 g/mol. The van der Waals surface area contributed by atoms with Crippen LogP contribution < -0.4 is 15.4 Å². The zero-order valence-electron chi connectivity index (χ0n) is 15.3. The Hall–Kier alpha value is -2.60. The van der Waals surface area contributed by atoms with Crippen LogP contribution in [0.5, 0.6) is 5.75 Å². The van der Waals surface area contributed by atoms with Crippen LogP contribution >= 0.6 is 0 Å². The lowest BCUT2D eigenvalue weighted by atomic mass is 10.2. The quantitative estimate of drug-likeness (QED) is 0.722. The van der Waals surface area contributed by atoms with Gasteiger partial charge in [-0.05, 0) is 63.8 Å². The topological polar surface area (TPSA) is 66.5 Å². The molecule has 134 valence electrons. The average Bonchev–Trinajstić information content (AvgIpc) is 2.59. The third-order valence-corrected chi connectivity index (χ3v) is 3.71. The molecule has 0 spiro atoms. The van der Waals surface area contributed by atoms with Crippen molar-refractivity contribution in [3.8, 4) is 5.75 Å². The van der Waals surface area contributed by atoms with Gasteiger partial charge in [0.25, 0.3) is 5.91 Å². The van der Waals surface area contributed by atoms with Gasteiger partial charge in [-0.25, -0.2) is 4.98 Å². The molecule has 0 atom stereocenters. The third kappa shape index (κ3) is 5.76. The van der Waals surface area contributed by atoms with Crippen molar-refractivity contribution in [2.45, 2.75) is 13.3 Å². The number of nitrogens with zero attached hydrogens (tertiary/aromatic N) is 2. The molecule has 0 aliphatic rings. The molecule has 1 aromatic carbocycles. The SMILES string of the molecule is COc1ccc(C)cc1Nc1cc(C(=O)NCCCN(C)C)ccn1. The lowest BCUT2D eigenvalue weighted by molar-refractivity contribution is 0.0952. The third-order valence-electron chi connectivity index (χ3n) is 3.71. The molecule has 0 radical (unpaired) electrons. The zero-order chi connectivity index (χ0) is 18.2. The Morgan fingerprint density at radius 3 is 2.76 bits per heavy atom. The number of amides is 1. The summed E-state index contributed by atoms with van der Waals surface area (Å²) in [6.07, 6.45) is 2.54. The van der Waals surface area contributed by atoms with E-state index in [9.17, 15) is 4.79 Å². The minimum atomic E-state index is -0.0968. The number of pyridine rings is 1. The molecule has 0 aliphatic heterocycles. The first-order valence-electron chi connectivity index (χ1n) is 8.30. The van der Waals surface area contributed by atoms with E-state index < -0.39 is 0 Å². The van der Waals surface area contributed by atoms with Crippen molar-refractivity contribution >= 4 is 17.4 Å². The van der Waals surface area contributed by atoms with Crippen LogP contribution in [-0.4, -0.2) is 50.1 Å². The van der Waals surface area contributed by atoms with Crippen molar-refractivity contribution in [3.63, 3.8) is 0 Å². The molecular formula is C19H26N4O2. The summed E-state index contributed by atoms with van der Waals surface area (Å²) in [6, 6.07) is 9.31. The highest BCUT2D eigenvalue weighted by Crippen LogP contribution is 2.28. The summed E-state index contributed by atoms with van der Waals surface area (Å²) in [7, 11) is 5.66. The predicted octanol–water partition coefficient (Wildman–Crippen LogP) is 2.82. The first-order chi connectivity index (χ1) is 12.0. The van der Waals surface area contributed by atoms with Crippen LogP contribution in [0.15, 0.2) is 36.5 Å². The molecule has 0 unspecified atom stereocenters. The maximum atomic E-state index is 12.3. The number of aromatic nitrogens is 1. The molecule has 2 aromatic rings. The van der Waals surface area contributed by atoms with Gasteiger partial charge in [-0.3, -0.25) is 4.79 Å². The van der Waals surface area contributed by atoms with Gasteiger partial charge < -0.3 is 20.3 Å². The van der Waals surface area contributed by atoms with Gasteiger partial charge in [0.2, 0.25) is 0 Å². The van der Waals surface area contributed by atoms with E-state index in [-0.39, 0.29) is 5.91 Å². The fraction of sp³-hybridized carbons (Fsp3) is 0.368. The number of hydrogen-bond acceptors (Lipinski definition) is 5. The summed E-state index contributed by atoms with van der Waals surface area (Å²) in [5.41, 5.74) is 2.51. The second-order valence-electron chi connectivity index (χ2n) is 6.17. The van der Waals surface area contributed by atoms with Gasteiger partial charge in [0.1, 0.15) is 11.6 Å². The molecule has 2 N–H and O–H groups in total. The summed E-state index contributed by atoms with van der Waals surface area (Å²) in [4.78, 5) is 18.6. The fourth-order valence-corrected chi connectivity index (χ4v) is 2.40. The Morgan fingerprint density at radius 1 is 1.24 bits per heavy atom. The maximum absolute atomic E-state index is 12.3. The number of ether oxygens (including phenoxy) is 1. The minimum Gasteiger partial charge on any atom is -0.495 e. The van der Waals surface area contributed by atoms with Crippen LogP contribution in [0.3, 0.4) is 0 Å². The van der Waals surface area contributed by atoms with Crippen molar-refractivity contribution in [2.24, 2.45) is 0 Å². The highest BCUT2D eigenvalue weighted by atomic mass is 16.5. The number of aryl methyl sites for hydroxylation is 1. The molecule has 6 heteroatoms. The van der Waals surface area contributed by atoms with Gasteiger partial charge in [0.05, 0.1) is 12.8 Å². The number of benzene rings is 1. The molecule has 0 saturated heterocycles. The second kappa shape index (κ2) is 9.03. The van der Waals surface area contributed by atoms with E-state index in [0.29, 0.717) is 17.9 Å². The smallest absolute Gasteiger partial charge is 0.251 e. The summed E-state index contributed by atoms with van der Waals surface area (Å²) >= 11 is 0. The van der Waals surface area contributed by atoms with Crippen LogP contribution in [0.1, 0.15) is 22.3 Å². The first kappa shape index (κ1) is 18.7. The summed E-state index contributed by atoms with van der Waals surface area (Å²) in [5, 5.41) is 6.15. The largest absolute Gasteiger partial charge is 0.495 e. The zero-order valence-corrected chi connectivity index (χ0v) is 15.3. The van der Waals surface area contributed by atoms with E-state index in [4.69, 9.17) is 4.74 Å². The van der Waals surface area contributed by atoms with E-state index >= 15 is 0 Å².